The summed E-state index contributed by atoms with van der Waals surface area (Å²) in [7, 11) is 0. The van der Waals surface area contributed by atoms with Crippen molar-refractivity contribution in [3.05, 3.63) is 46.3 Å². The number of nitrogens with zero attached hydrogens (tertiary/aromatic N) is 5. The zero-order valence-corrected chi connectivity index (χ0v) is 11.9. The van der Waals surface area contributed by atoms with E-state index in [1.807, 2.05) is 12.3 Å². The predicted octanol–water partition coefficient (Wildman–Crippen LogP) is 1.85. The molecule has 0 aliphatic heterocycles. The fourth-order valence-corrected chi connectivity index (χ4v) is 2.59. The number of carboxylic acids is 1. The highest BCUT2D eigenvalue weighted by atomic mass is 32.1. The molecule has 0 fully saturated rings. The first-order valence-electron chi connectivity index (χ1n) is 6.13. The van der Waals surface area contributed by atoms with Gasteiger partial charge in [0.05, 0.1) is 17.2 Å². The van der Waals surface area contributed by atoms with Gasteiger partial charge in [0.2, 0.25) is 0 Å². The number of carbonyl (C=O) groups is 1. The van der Waals surface area contributed by atoms with Crippen LogP contribution in [0, 0.1) is 6.92 Å². The molecule has 0 saturated heterocycles. The summed E-state index contributed by atoms with van der Waals surface area (Å²) in [6, 6.07) is 3.52. The van der Waals surface area contributed by atoms with Gasteiger partial charge in [-0.05, 0) is 19.1 Å². The molecule has 0 saturated carbocycles. The molecule has 3 aromatic rings. The first-order chi connectivity index (χ1) is 10.1. The van der Waals surface area contributed by atoms with Gasteiger partial charge in [0.15, 0.2) is 5.69 Å². The van der Waals surface area contributed by atoms with Crippen LogP contribution in [-0.4, -0.2) is 36.0 Å². The monoisotopic (exact) mass is 301 g/mol. The Labute approximate surface area is 123 Å². The largest absolute Gasteiger partial charge is 0.476 e. The molecule has 0 aliphatic carbocycles. The maximum Gasteiger partial charge on any atom is 0.358 e. The fourth-order valence-electron chi connectivity index (χ4n) is 1.99. The number of rotatable bonds is 4. The number of hydrogen-bond donors (Lipinski definition) is 1. The lowest BCUT2D eigenvalue weighted by molar-refractivity contribution is 0.0691. The molecule has 106 valence electrons. The van der Waals surface area contributed by atoms with Crippen LogP contribution in [0.1, 0.15) is 21.2 Å². The van der Waals surface area contributed by atoms with Crippen LogP contribution in [0.4, 0.5) is 0 Å². The predicted molar refractivity (Wildman–Crippen MR) is 76.2 cm³/mol. The summed E-state index contributed by atoms with van der Waals surface area (Å²) in [6.45, 7) is 2.29. The van der Waals surface area contributed by atoms with Crippen LogP contribution in [0.5, 0.6) is 0 Å². The van der Waals surface area contributed by atoms with Crippen LogP contribution in [-0.2, 0) is 6.54 Å². The zero-order valence-electron chi connectivity index (χ0n) is 11.1. The van der Waals surface area contributed by atoms with Crippen LogP contribution in [0.3, 0.4) is 0 Å². The standard InChI is InChI=1S/C13H11N5O2S/c1-8-15-10(7-21-8)6-18-12(9-3-2-4-14-5-9)11(13(19)20)16-17-18/h2-5,7H,6H2,1H3,(H,19,20). The van der Waals surface area contributed by atoms with Gasteiger partial charge < -0.3 is 5.11 Å². The van der Waals surface area contributed by atoms with Crippen molar-refractivity contribution < 1.29 is 9.90 Å². The average Bonchev–Trinajstić information content (AvgIpc) is 3.07. The van der Waals surface area contributed by atoms with Crippen molar-refractivity contribution in [1.82, 2.24) is 25.0 Å². The highest BCUT2D eigenvalue weighted by molar-refractivity contribution is 7.09. The Balaban J connectivity index is 2.07. The maximum atomic E-state index is 11.3. The Morgan fingerprint density at radius 2 is 2.33 bits per heavy atom. The van der Waals surface area contributed by atoms with Gasteiger partial charge in [-0.25, -0.2) is 14.5 Å². The van der Waals surface area contributed by atoms with E-state index in [0.29, 0.717) is 17.8 Å². The van der Waals surface area contributed by atoms with Gasteiger partial charge in [-0.3, -0.25) is 4.98 Å². The summed E-state index contributed by atoms with van der Waals surface area (Å²) >= 11 is 1.54. The van der Waals surface area contributed by atoms with Gasteiger partial charge in [0.25, 0.3) is 0 Å². The summed E-state index contributed by atoms with van der Waals surface area (Å²) < 4.78 is 1.54. The van der Waals surface area contributed by atoms with Gasteiger partial charge in [-0.2, -0.15) is 0 Å². The number of aromatic carboxylic acids is 1. The quantitative estimate of drug-likeness (QED) is 0.790. The highest BCUT2D eigenvalue weighted by Crippen LogP contribution is 2.22. The van der Waals surface area contributed by atoms with E-state index in [2.05, 4.69) is 20.3 Å². The molecule has 0 aromatic carbocycles. The van der Waals surface area contributed by atoms with Crippen molar-refractivity contribution in [3.63, 3.8) is 0 Å². The molecule has 7 nitrogen and oxygen atoms in total. The van der Waals surface area contributed by atoms with E-state index >= 15 is 0 Å². The average molecular weight is 301 g/mol. The number of aromatic nitrogens is 5. The van der Waals surface area contributed by atoms with Gasteiger partial charge in [-0.15, -0.1) is 16.4 Å². The fraction of sp³-hybridized carbons (Fsp3) is 0.154. The summed E-state index contributed by atoms with van der Waals surface area (Å²) in [5.74, 6) is -1.12. The van der Waals surface area contributed by atoms with Gasteiger partial charge >= 0.3 is 5.97 Å². The molecule has 0 unspecified atom stereocenters. The summed E-state index contributed by atoms with van der Waals surface area (Å²) in [5, 5.41) is 19.8. The van der Waals surface area contributed by atoms with Crippen LogP contribution < -0.4 is 0 Å². The molecule has 3 rings (SSSR count). The second kappa shape index (κ2) is 5.41. The Morgan fingerprint density at radius 3 is 2.95 bits per heavy atom. The van der Waals surface area contributed by atoms with E-state index in [1.165, 1.54) is 16.0 Å². The number of hydrogen-bond acceptors (Lipinski definition) is 6. The van der Waals surface area contributed by atoms with Crippen LogP contribution >= 0.6 is 11.3 Å². The molecular weight excluding hydrogens is 290 g/mol. The SMILES string of the molecule is Cc1nc(Cn2nnc(C(=O)O)c2-c2cccnc2)cs1. The van der Waals surface area contributed by atoms with Crippen LogP contribution in [0.25, 0.3) is 11.3 Å². The molecule has 1 N–H and O–H groups in total. The third kappa shape index (κ3) is 2.65. The van der Waals surface area contributed by atoms with E-state index in [1.54, 1.807) is 24.5 Å². The van der Waals surface area contributed by atoms with Crippen molar-refractivity contribution in [2.45, 2.75) is 13.5 Å². The minimum Gasteiger partial charge on any atom is -0.476 e. The molecule has 0 spiro atoms. The van der Waals surface area contributed by atoms with E-state index in [-0.39, 0.29) is 5.69 Å². The van der Waals surface area contributed by atoms with E-state index in [0.717, 1.165) is 10.7 Å². The van der Waals surface area contributed by atoms with Crippen LogP contribution in [0.2, 0.25) is 0 Å². The molecule has 8 heteroatoms. The lowest BCUT2D eigenvalue weighted by Crippen LogP contribution is -2.06. The van der Waals surface area contributed by atoms with Gasteiger partial charge in [0, 0.05) is 23.3 Å². The normalized spacial score (nSPS) is 10.7. The zero-order chi connectivity index (χ0) is 14.8. The second-order valence-electron chi connectivity index (χ2n) is 4.35. The van der Waals surface area contributed by atoms with E-state index in [4.69, 9.17) is 0 Å². The summed E-state index contributed by atoms with van der Waals surface area (Å²) in [5.41, 5.74) is 1.83. The highest BCUT2D eigenvalue weighted by Gasteiger charge is 2.21. The minimum atomic E-state index is -1.12. The Kier molecular flexibility index (Phi) is 3.44. The molecule has 0 atom stereocenters. The first kappa shape index (κ1) is 13.4. The van der Waals surface area contributed by atoms with E-state index < -0.39 is 5.97 Å². The first-order valence-corrected chi connectivity index (χ1v) is 7.01. The summed E-state index contributed by atoms with van der Waals surface area (Å²) in [4.78, 5) is 19.7. The van der Waals surface area contributed by atoms with Crippen molar-refractivity contribution in [2.24, 2.45) is 0 Å². The third-order valence-corrected chi connectivity index (χ3v) is 3.67. The molecule has 3 aromatic heterocycles. The van der Waals surface area contributed by atoms with Gasteiger partial charge in [-0.1, -0.05) is 5.21 Å². The number of thiazole rings is 1. The molecule has 0 aliphatic rings. The third-order valence-electron chi connectivity index (χ3n) is 2.85. The topological polar surface area (TPSA) is 93.8 Å². The summed E-state index contributed by atoms with van der Waals surface area (Å²) in [6.07, 6.45) is 3.22. The van der Waals surface area contributed by atoms with Crippen LogP contribution in [0.15, 0.2) is 29.9 Å². The van der Waals surface area contributed by atoms with Crippen molar-refractivity contribution in [1.29, 1.82) is 0 Å². The maximum absolute atomic E-state index is 11.3. The lowest BCUT2D eigenvalue weighted by Gasteiger charge is -2.05. The molecule has 0 radical (unpaired) electrons. The molecule has 3 heterocycles. The Bertz CT molecular complexity index is 781. The van der Waals surface area contributed by atoms with Gasteiger partial charge in [0.1, 0.15) is 5.69 Å². The smallest absolute Gasteiger partial charge is 0.358 e. The van der Waals surface area contributed by atoms with E-state index in [9.17, 15) is 9.90 Å². The number of pyridine rings is 1. The number of carboxylic acid groups (broad SMARTS) is 1. The van der Waals surface area contributed by atoms with Crippen molar-refractivity contribution >= 4 is 17.3 Å². The lowest BCUT2D eigenvalue weighted by atomic mass is 10.1. The van der Waals surface area contributed by atoms with Crippen molar-refractivity contribution in [2.75, 3.05) is 0 Å². The second-order valence-corrected chi connectivity index (χ2v) is 5.41. The van der Waals surface area contributed by atoms with Crippen molar-refractivity contribution in [3.8, 4) is 11.3 Å². The molecular formula is C13H11N5O2S. The Morgan fingerprint density at radius 1 is 1.48 bits per heavy atom. The minimum absolute atomic E-state index is 0.0880. The Hall–Kier alpha value is -2.61. The molecule has 21 heavy (non-hydrogen) atoms. The number of aryl methyl sites for hydroxylation is 1. The molecule has 0 bridgehead atoms. The molecule has 0 amide bonds.